The van der Waals surface area contributed by atoms with E-state index in [1.807, 2.05) is 30.7 Å². The summed E-state index contributed by atoms with van der Waals surface area (Å²) in [4.78, 5) is 27.7. The number of ether oxygens (including phenoxy) is 1. The van der Waals surface area contributed by atoms with Crippen LogP contribution in [0.2, 0.25) is 0 Å². The fourth-order valence-electron chi connectivity index (χ4n) is 2.43. The van der Waals surface area contributed by atoms with Gasteiger partial charge in [-0.15, -0.1) is 0 Å². The SMILES string of the molecule is COc1ccc(C)c2sc(=NC(=O)/C=C/c3ccc([N+](=O)[O-])s3)n(C)c12. The number of carbonyl (C=O) groups is 1. The number of nitro groups is 1. The van der Waals surface area contributed by atoms with Crippen LogP contribution in [-0.4, -0.2) is 22.5 Å². The van der Waals surface area contributed by atoms with Crippen molar-refractivity contribution in [3.05, 3.63) is 55.7 Å². The van der Waals surface area contributed by atoms with E-state index in [-0.39, 0.29) is 5.00 Å². The van der Waals surface area contributed by atoms with Gasteiger partial charge < -0.3 is 9.30 Å². The monoisotopic (exact) mass is 389 g/mol. The van der Waals surface area contributed by atoms with Crippen molar-refractivity contribution < 1.29 is 14.5 Å². The van der Waals surface area contributed by atoms with Gasteiger partial charge in [0.1, 0.15) is 11.3 Å². The molecule has 9 heteroatoms. The zero-order valence-corrected chi connectivity index (χ0v) is 15.9. The van der Waals surface area contributed by atoms with Gasteiger partial charge in [0, 0.05) is 24.1 Å². The molecular formula is C17H15N3O4S2. The number of thiophene rings is 1. The highest BCUT2D eigenvalue weighted by Crippen LogP contribution is 2.29. The molecule has 3 aromatic rings. The standard InChI is InChI=1S/C17H15N3O4S2/c1-10-4-7-12(24-3)15-16(10)26-17(19(15)2)18-13(21)8-5-11-6-9-14(25-11)20(22)23/h4-9H,1-3H3/b8-5+,18-17?. The first-order valence-corrected chi connectivity index (χ1v) is 9.18. The lowest BCUT2D eigenvalue weighted by atomic mass is 10.2. The molecule has 134 valence electrons. The molecule has 0 unspecified atom stereocenters. The van der Waals surface area contributed by atoms with Crippen LogP contribution in [0.1, 0.15) is 10.4 Å². The van der Waals surface area contributed by atoms with Crippen molar-refractivity contribution in [2.75, 3.05) is 7.11 Å². The summed E-state index contributed by atoms with van der Waals surface area (Å²) in [6.45, 7) is 1.99. The molecule has 7 nitrogen and oxygen atoms in total. The topological polar surface area (TPSA) is 86.7 Å². The molecule has 0 aliphatic heterocycles. The third-order valence-corrected chi connectivity index (χ3v) is 5.98. The maximum absolute atomic E-state index is 12.2. The number of fused-ring (bicyclic) bond motifs is 1. The van der Waals surface area contributed by atoms with Crippen LogP contribution in [0.4, 0.5) is 5.00 Å². The number of rotatable bonds is 4. The van der Waals surface area contributed by atoms with Crippen LogP contribution < -0.4 is 9.54 Å². The molecule has 2 heterocycles. The fourth-order valence-corrected chi connectivity index (χ4v) is 4.27. The number of nitrogens with zero attached hydrogens (tertiary/aromatic N) is 3. The minimum Gasteiger partial charge on any atom is -0.495 e. The highest BCUT2D eigenvalue weighted by Gasteiger charge is 2.12. The number of benzene rings is 1. The minimum atomic E-state index is -0.457. The van der Waals surface area contributed by atoms with E-state index in [0.29, 0.717) is 9.68 Å². The van der Waals surface area contributed by atoms with Crippen LogP contribution in [0, 0.1) is 17.0 Å². The molecule has 26 heavy (non-hydrogen) atoms. The van der Waals surface area contributed by atoms with E-state index < -0.39 is 10.8 Å². The molecule has 0 saturated carbocycles. The largest absolute Gasteiger partial charge is 0.495 e. The second kappa shape index (κ2) is 7.22. The summed E-state index contributed by atoms with van der Waals surface area (Å²) in [5.41, 5.74) is 1.97. The quantitative estimate of drug-likeness (QED) is 0.387. The molecule has 0 saturated heterocycles. The van der Waals surface area contributed by atoms with Crippen molar-refractivity contribution in [3.8, 4) is 5.75 Å². The number of aromatic nitrogens is 1. The van der Waals surface area contributed by atoms with Crippen molar-refractivity contribution in [1.82, 2.24) is 4.57 Å². The van der Waals surface area contributed by atoms with Gasteiger partial charge in [0.05, 0.1) is 16.7 Å². The van der Waals surface area contributed by atoms with Gasteiger partial charge in [0.2, 0.25) is 0 Å². The van der Waals surface area contributed by atoms with E-state index in [1.165, 1.54) is 29.6 Å². The lowest BCUT2D eigenvalue weighted by Crippen LogP contribution is -2.12. The normalized spacial score (nSPS) is 12.2. The van der Waals surface area contributed by atoms with Crippen LogP contribution >= 0.6 is 22.7 Å². The van der Waals surface area contributed by atoms with Gasteiger partial charge in [-0.1, -0.05) is 28.7 Å². The summed E-state index contributed by atoms with van der Waals surface area (Å²) < 4.78 is 8.24. The predicted molar refractivity (Wildman–Crippen MR) is 103 cm³/mol. The fraction of sp³-hybridized carbons (Fsp3) is 0.176. The Labute approximate surface area is 156 Å². The molecule has 0 bridgehead atoms. The number of hydrogen-bond acceptors (Lipinski definition) is 6. The molecular weight excluding hydrogens is 374 g/mol. The minimum absolute atomic E-state index is 0.0347. The predicted octanol–water partition coefficient (Wildman–Crippen LogP) is 3.67. The van der Waals surface area contributed by atoms with E-state index in [4.69, 9.17) is 4.74 Å². The third kappa shape index (κ3) is 3.44. The highest BCUT2D eigenvalue weighted by molar-refractivity contribution is 7.16. The van der Waals surface area contributed by atoms with Gasteiger partial charge in [0.25, 0.3) is 5.91 Å². The highest BCUT2D eigenvalue weighted by atomic mass is 32.1. The Bertz CT molecular complexity index is 1110. The zero-order valence-electron chi connectivity index (χ0n) is 14.3. The lowest BCUT2D eigenvalue weighted by molar-refractivity contribution is -0.380. The van der Waals surface area contributed by atoms with E-state index in [1.54, 1.807) is 13.2 Å². The Hall–Kier alpha value is -2.78. The molecule has 0 fully saturated rings. The number of carbonyl (C=O) groups excluding carboxylic acids is 1. The number of aryl methyl sites for hydroxylation is 2. The smallest absolute Gasteiger partial charge is 0.324 e. The molecule has 2 aromatic heterocycles. The molecule has 0 radical (unpaired) electrons. The molecule has 0 atom stereocenters. The second-order valence-electron chi connectivity index (χ2n) is 5.42. The van der Waals surface area contributed by atoms with Crippen LogP contribution in [0.3, 0.4) is 0 Å². The first kappa shape index (κ1) is 18.0. The van der Waals surface area contributed by atoms with Crippen LogP contribution in [-0.2, 0) is 11.8 Å². The van der Waals surface area contributed by atoms with Crippen molar-refractivity contribution in [2.45, 2.75) is 6.92 Å². The third-order valence-electron chi connectivity index (χ3n) is 3.72. The Kier molecular flexibility index (Phi) is 5.01. The molecule has 1 amide bonds. The van der Waals surface area contributed by atoms with E-state index in [2.05, 4.69) is 4.99 Å². The number of hydrogen-bond donors (Lipinski definition) is 0. The van der Waals surface area contributed by atoms with Gasteiger partial charge in [-0.2, -0.15) is 4.99 Å². The average Bonchev–Trinajstić information content (AvgIpc) is 3.21. The first-order valence-electron chi connectivity index (χ1n) is 7.55. The summed E-state index contributed by atoms with van der Waals surface area (Å²) in [7, 11) is 3.44. The molecule has 0 N–H and O–H groups in total. The van der Waals surface area contributed by atoms with E-state index in [9.17, 15) is 14.9 Å². The summed E-state index contributed by atoms with van der Waals surface area (Å²) in [6, 6.07) is 6.86. The van der Waals surface area contributed by atoms with Crippen molar-refractivity contribution in [1.29, 1.82) is 0 Å². The second-order valence-corrected chi connectivity index (χ2v) is 7.49. The van der Waals surface area contributed by atoms with Gasteiger partial charge in [-0.25, -0.2) is 0 Å². The summed E-state index contributed by atoms with van der Waals surface area (Å²) in [6.07, 6.45) is 2.84. The first-order chi connectivity index (χ1) is 12.4. The summed E-state index contributed by atoms with van der Waals surface area (Å²) in [5, 5.41) is 10.7. The number of methoxy groups -OCH3 is 1. The molecule has 1 aromatic carbocycles. The van der Waals surface area contributed by atoms with Crippen molar-refractivity contribution in [3.63, 3.8) is 0 Å². The maximum atomic E-state index is 12.2. The summed E-state index contributed by atoms with van der Waals surface area (Å²) in [5.74, 6) is 0.291. The van der Waals surface area contributed by atoms with Crippen LogP contribution in [0.15, 0.2) is 35.3 Å². The van der Waals surface area contributed by atoms with Gasteiger partial charge in [-0.05, 0) is 30.7 Å². The van der Waals surface area contributed by atoms with Gasteiger partial charge >= 0.3 is 5.00 Å². The maximum Gasteiger partial charge on any atom is 0.324 e. The summed E-state index contributed by atoms with van der Waals surface area (Å²) >= 11 is 2.42. The Morgan fingerprint density at radius 2 is 2.08 bits per heavy atom. The Morgan fingerprint density at radius 1 is 1.31 bits per heavy atom. The average molecular weight is 389 g/mol. The van der Waals surface area contributed by atoms with Gasteiger partial charge in [-0.3, -0.25) is 14.9 Å². The molecule has 0 spiro atoms. The van der Waals surface area contributed by atoms with Gasteiger partial charge in [0.15, 0.2) is 4.80 Å². The van der Waals surface area contributed by atoms with E-state index >= 15 is 0 Å². The zero-order chi connectivity index (χ0) is 18.8. The number of thiazole rings is 1. The molecule has 0 aliphatic carbocycles. The Balaban J connectivity index is 1.95. The molecule has 0 aliphatic rings. The van der Waals surface area contributed by atoms with Crippen LogP contribution in [0.5, 0.6) is 5.75 Å². The van der Waals surface area contributed by atoms with Crippen molar-refractivity contribution in [2.24, 2.45) is 12.0 Å². The lowest BCUT2D eigenvalue weighted by Gasteiger charge is -2.05. The van der Waals surface area contributed by atoms with Crippen LogP contribution in [0.25, 0.3) is 16.3 Å². The number of amides is 1. The van der Waals surface area contributed by atoms with E-state index in [0.717, 1.165) is 32.9 Å². The molecule has 3 rings (SSSR count). The van der Waals surface area contributed by atoms with Crippen molar-refractivity contribution >= 4 is 49.9 Å². The Morgan fingerprint density at radius 3 is 2.73 bits per heavy atom.